The van der Waals surface area contributed by atoms with E-state index in [2.05, 4.69) is 54.2 Å². The third-order valence-corrected chi connectivity index (χ3v) is 6.17. The molecule has 0 radical (unpaired) electrons. The molecule has 0 spiro atoms. The molecule has 0 amide bonds. The van der Waals surface area contributed by atoms with E-state index >= 15 is 0 Å². The standard InChI is InChI=1S/C16H26BrNS/c1-4-18-15-7-5-12(11(2)3)9-13(15)10-14-6-8-16(17)19-14/h6,8,11-13,15,18H,4-5,7,9-10H2,1-3H3. The van der Waals surface area contributed by atoms with E-state index in [9.17, 15) is 0 Å². The second-order valence-corrected chi connectivity index (χ2v) is 8.70. The van der Waals surface area contributed by atoms with Crippen molar-refractivity contribution in [3.63, 3.8) is 0 Å². The highest BCUT2D eigenvalue weighted by Crippen LogP contribution is 2.37. The minimum absolute atomic E-state index is 0.723. The smallest absolute Gasteiger partial charge is 0.0701 e. The predicted octanol–water partition coefficient (Wildman–Crippen LogP) is 5.10. The molecule has 0 aliphatic heterocycles. The first-order chi connectivity index (χ1) is 9.10. The Morgan fingerprint density at radius 1 is 1.37 bits per heavy atom. The lowest BCUT2D eigenvalue weighted by Gasteiger charge is -2.38. The molecule has 1 fully saturated rings. The monoisotopic (exact) mass is 343 g/mol. The van der Waals surface area contributed by atoms with Crippen molar-refractivity contribution in [2.24, 2.45) is 17.8 Å². The normalized spacial score (nSPS) is 27.9. The third-order valence-electron chi connectivity index (χ3n) is 4.52. The summed E-state index contributed by atoms with van der Waals surface area (Å²) >= 11 is 5.48. The van der Waals surface area contributed by atoms with Gasteiger partial charge < -0.3 is 5.32 Å². The Labute approximate surface area is 130 Å². The van der Waals surface area contributed by atoms with Gasteiger partial charge in [-0.25, -0.2) is 0 Å². The van der Waals surface area contributed by atoms with Crippen LogP contribution in [-0.2, 0) is 6.42 Å². The van der Waals surface area contributed by atoms with Gasteiger partial charge in [0.2, 0.25) is 0 Å². The molecule has 1 N–H and O–H groups in total. The van der Waals surface area contributed by atoms with E-state index in [0.717, 1.165) is 30.3 Å². The molecule has 0 aromatic carbocycles. The molecule has 1 aromatic rings. The molecule has 3 atom stereocenters. The molecule has 1 saturated carbocycles. The van der Waals surface area contributed by atoms with Crippen LogP contribution in [0, 0.1) is 17.8 Å². The zero-order chi connectivity index (χ0) is 13.8. The Balaban J connectivity index is 2.02. The molecule has 1 aliphatic rings. The Morgan fingerprint density at radius 2 is 2.16 bits per heavy atom. The van der Waals surface area contributed by atoms with Crippen LogP contribution < -0.4 is 5.32 Å². The molecule has 1 aromatic heterocycles. The molecule has 1 aliphatic carbocycles. The van der Waals surface area contributed by atoms with Crippen molar-refractivity contribution in [2.45, 2.75) is 52.5 Å². The predicted molar refractivity (Wildman–Crippen MR) is 88.9 cm³/mol. The van der Waals surface area contributed by atoms with Crippen LogP contribution in [0.15, 0.2) is 15.9 Å². The maximum Gasteiger partial charge on any atom is 0.0701 e. The number of rotatable bonds is 5. The van der Waals surface area contributed by atoms with Crippen molar-refractivity contribution in [2.75, 3.05) is 6.54 Å². The average Bonchev–Trinajstić information content (AvgIpc) is 2.77. The molecule has 2 rings (SSSR count). The fourth-order valence-corrected chi connectivity index (χ4v) is 4.96. The van der Waals surface area contributed by atoms with Crippen LogP contribution in [0.3, 0.4) is 0 Å². The van der Waals surface area contributed by atoms with E-state index in [-0.39, 0.29) is 0 Å². The fraction of sp³-hybridized carbons (Fsp3) is 0.750. The van der Waals surface area contributed by atoms with Gasteiger partial charge in [-0.05, 0) is 78.0 Å². The van der Waals surface area contributed by atoms with Gasteiger partial charge in [0.05, 0.1) is 3.79 Å². The Kier molecular flexibility index (Phi) is 5.91. The van der Waals surface area contributed by atoms with Gasteiger partial charge in [0.15, 0.2) is 0 Å². The van der Waals surface area contributed by atoms with Crippen molar-refractivity contribution in [3.05, 3.63) is 20.8 Å². The molecular formula is C16H26BrNS. The summed E-state index contributed by atoms with van der Waals surface area (Å²) in [7, 11) is 0. The molecule has 1 nitrogen and oxygen atoms in total. The van der Waals surface area contributed by atoms with E-state index in [0.29, 0.717) is 0 Å². The van der Waals surface area contributed by atoms with E-state index < -0.39 is 0 Å². The van der Waals surface area contributed by atoms with Gasteiger partial charge in [-0.2, -0.15) is 0 Å². The number of nitrogens with one attached hydrogen (secondary N) is 1. The molecule has 1 heterocycles. The van der Waals surface area contributed by atoms with Gasteiger partial charge in [-0.15, -0.1) is 11.3 Å². The topological polar surface area (TPSA) is 12.0 Å². The summed E-state index contributed by atoms with van der Waals surface area (Å²) in [5.74, 6) is 2.56. The fourth-order valence-electron chi connectivity index (χ4n) is 3.38. The minimum Gasteiger partial charge on any atom is -0.314 e. The summed E-state index contributed by atoms with van der Waals surface area (Å²) in [6, 6.07) is 5.20. The number of thiophene rings is 1. The van der Waals surface area contributed by atoms with Crippen molar-refractivity contribution in [1.82, 2.24) is 5.32 Å². The first-order valence-electron chi connectivity index (χ1n) is 7.57. The van der Waals surface area contributed by atoms with Gasteiger partial charge in [-0.1, -0.05) is 20.8 Å². The van der Waals surface area contributed by atoms with Crippen LogP contribution in [0.25, 0.3) is 0 Å². The first-order valence-corrected chi connectivity index (χ1v) is 9.18. The van der Waals surface area contributed by atoms with Crippen LogP contribution in [0.5, 0.6) is 0 Å². The van der Waals surface area contributed by atoms with Gasteiger partial charge in [0.25, 0.3) is 0 Å². The summed E-state index contributed by atoms with van der Waals surface area (Å²) in [4.78, 5) is 1.53. The van der Waals surface area contributed by atoms with Crippen molar-refractivity contribution < 1.29 is 0 Å². The highest BCUT2D eigenvalue weighted by molar-refractivity contribution is 9.11. The lowest BCUT2D eigenvalue weighted by Crippen LogP contribution is -2.42. The van der Waals surface area contributed by atoms with Crippen LogP contribution >= 0.6 is 27.3 Å². The largest absolute Gasteiger partial charge is 0.314 e. The zero-order valence-corrected chi connectivity index (χ0v) is 14.7. The third kappa shape index (κ3) is 4.30. The van der Waals surface area contributed by atoms with Crippen LogP contribution in [-0.4, -0.2) is 12.6 Å². The lowest BCUT2D eigenvalue weighted by atomic mass is 9.72. The SMILES string of the molecule is CCNC1CCC(C(C)C)CC1Cc1ccc(Br)s1. The summed E-state index contributed by atoms with van der Waals surface area (Å²) in [6.45, 7) is 8.10. The van der Waals surface area contributed by atoms with Crippen molar-refractivity contribution in [1.29, 1.82) is 0 Å². The van der Waals surface area contributed by atoms with Crippen molar-refractivity contribution >= 4 is 27.3 Å². The molecule has 0 saturated heterocycles. The molecule has 19 heavy (non-hydrogen) atoms. The quantitative estimate of drug-likeness (QED) is 0.783. The van der Waals surface area contributed by atoms with Crippen LogP contribution in [0.2, 0.25) is 0 Å². The van der Waals surface area contributed by atoms with Gasteiger partial charge in [0, 0.05) is 10.9 Å². The Morgan fingerprint density at radius 3 is 2.74 bits per heavy atom. The molecule has 108 valence electrons. The Hall–Kier alpha value is 0.140. The highest BCUT2D eigenvalue weighted by Gasteiger charge is 2.31. The van der Waals surface area contributed by atoms with E-state index in [1.54, 1.807) is 0 Å². The van der Waals surface area contributed by atoms with Gasteiger partial charge in [0.1, 0.15) is 0 Å². The number of hydrogen-bond acceptors (Lipinski definition) is 2. The van der Waals surface area contributed by atoms with Crippen molar-refractivity contribution in [3.8, 4) is 0 Å². The van der Waals surface area contributed by atoms with Gasteiger partial charge in [-0.3, -0.25) is 0 Å². The maximum atomic E-state index is 3.71. The van der Waals surface area contributed by atoms with Crippen LogP contribution in [0.4, 0.5) is 0 Å². The lowest BCUT2D eigenvalue weighted by molar-refractivity contribution is 0.169. The number of hydrogen-bond donors (Lipinski definition) is 1. The molecule has 3 unspecified atom stereocenters. The number of halogens is 1. The second kappa shape index (κ2) is 7.24. The highest BCUT2D eigenvalue weighted by atomic mass is 79.9. The molecule has 0 bridgehead atoms. The van der Waals surface area contributed by atoms with E-state index in [1.807, 2.05) is 11.3 Å². The minimum atomic E-state index is 0.723. The summed E-state index contributed by atoms with van der Waals surface area (Å²) in [6.07, 6.45) is 5.40. The second-order valence-electron chi connectivity index (χ2n) is 6.15. The Bertz CT molecular complexity index is 388. The average molecular weight is 344 g/mol. The van der Waals surface area contributed by atoms with E-state index in [4.69, 9.17) is 0 Å². The zero-order valence-electron chi connectivity index (χ0n) is 12.3. The van der Waals surface area contributed by atoms with E-state index in [1.165, 1.54) is 34.3 Å². The summed E-state index contributed by atoms with van der Waals surface area (Å²) in [5, 5.41) is 3.71. The summed E-state index contributed by atoms with van der Waals surface area (Å²) < 4.78 is 1.26. The first kappa shape index (κ1) is 15.5. The van der Waals surface area contributed by atoms with Crippen LogP contribution in [0.1, 0.15) is 44.9 Å². The molecular weight excluding hydrogens is 318 g/mol. The summed E-state index contributed by atoms with van der Waals surface area (Å²) in [5.41, 5.74) is 0. The maximum absolute atomic E-state index is 3.71. The van der Waals surface area contributed by atoms with Gasteiger partial charge >= 0.3 is 0 Å². The molecule has 3 heteroatoms.